The monoisotopic (exact) mass is 462 g/mol. The van der Waals surface area contributed by atoms with Crippen LogP contribution in [0.3, 0.4) is 0 Å². The zero-order chi connectivity index (χ0) is 24.0. The van der Waals surface area contributed by atoms with Gasteiger partial charge in [0, 0.05) is 36.1 Å². The summed E-state index contributed by atoms with van der Waals surface area (Å²) >= 11 is 0. The number of carbonyl (C=O) groups is 2. The van der Waals surface area contributed by atoms with Gasteiger partial charge in [-0.15, -0.1) is 0 Å². The molecular weight excluding hydrogens is 432 g/mol. The van der Waals surface area contributed by atoms with Crippen LogP contribution in [-0.2, 0) is 11.2 Å². The molecule has 3 aromatic rings. The molecule has 0 saturated carbocycles. The number of H-pyrrole nitrogens is 1. The van der Waals surface area contributed by atoms with Gasteiger partial charge in [-0.05, 0) is 61.9 Å². The first-order chi connectivity index (χ1) is 16.4. The number of rotatable bonds is 7. The molecule has 3 N–H and O–H groups in total. The number of aromatic nitrogens is 1. The van der Waals surface area contributed by atoms with Gasteiger partial charge in [0.1, 0.15) is 23.1 Å². The summed E-state index contributed by atoms with van der Waals surface area (Å²) in [5.74, 6) is 0.684. The fraction of sp³-hybridized carbons (Fsp3) is 0.385. The highest BCUT2D eigenvalue weighted by Gasteiger charge is 2.60. The minimum absolute atomic E-state index is 0.114. The molecule has 0 spiro atoms. The average molecular weight is 463 g/mol. The van der Waals surface area contributed by atoms with Gasteiger partial charge in [-0.25, -0.2) is 4.79 Å². The molecule has 0 aliphatic carbocycles. The number of hydrogen-bond donors (Lipinski definition) is 3. The van der Waals surface area contributed by atoms with Gasteiger partial charge in [-0.3, -0.25) is 14.6 Å². The Morgan fingerprint density at radius 3 is 2.76 bits per heavy atom. The van der Waals surface area contributed by atoms with Gasteiger partial charge in [-0.2, -0.15) is 0 Å². The molecule has 178 valence electrons. The second-order valence-electron chi connectivity index (χ2n) is 9.07. The van der Waals surface area contributed by atoms with E-state index in [0.29, 0.717) is 26.1 Å². The van der Waals surface area contributed by atoms with Crippen molar-refractivity contribution in [1.82, 2.24) is 20.1 Å². The Labute approximate surface area is 198 Å². The number of imide groups is 1. The predicted octanol–water partition coefficient (Wildman–Crippen LogP) is 3.55. The van der Waals surface area contributed by atoms with Crippen LogP contribution in [0, 0.1) is 0 Å². The number of nitrogens with one attached hydrogen (secondary N) is 2. The summed E-state index contributed by atoms with van der Waals surface area (Å²) in [5, 5.41) is 14.4. The number of urea groups is 1. The molecular formula is C26H30N4O4. The third kappa shape index (κ3) is 3.32. The predicted molar refractivity (Wildman–Crippen MR) is 129 cm³/mol. The molecule has 1 fully saturated rings. The Bertz CT molecular complexity index is 1270. The van der Waals surface area contributed by atoms with E-state index < -0.39 is 11.6 Å². The van der Waals surface area contributed by atoms with E-state index in [2.05, 4.69) is 10.3 Å². The lowest BCUT2D eigenvalue weighted by atomic mass is 9.81. The molecule has 0 unspecified atom stereocenters. The lowest BCUT2D eigenvalue weighted by Gasteiger charge is -2.42. The van der Waals surface area contributed by atoms with Crippen molar-refractivity contribution in [2.45, 2.75) is 38.8 Å². The van der Waals surface area contributed by atoms with E-state index in [4.69, 9.17) is 4.74 Å². The van der Waals surface area contributed by atoms with Crippen molar-refractivity contribution in [3.05, 3.63) is 59.3 Å². The van der Waals surface area contributed by atoms with Gasteiger partial charge in [0.15, 0.2) is 0 Å². The van der Waals surface area contributed by atoms with Crippen molar-refractivity contribution in [1.29, 1.82) is 0 Å². The molecule has 2 aliphatic heterocycles. The van der Waals surface area contributed by atoms with Crippen LogP contribution >= 0.6 is 0 Å². The number of likely N-dealkylation sites (N-methyl/N-ethyl adjacent to an activating group) is 1. The number of phenols is 1. The molecule has 5 rings (SSSR count). The summed E-state index contributed by atoms with van der Waals surface area (Å²) in [4.78, 5) is 34.0. The molecule has 2 aliphatic rings. The highest BCUT2D eigenvalue weighted by atomic mass is 16.5. The Balaban J connectivity index is 1.69. The first kappa shape index (κ1) is 22.3. The van der Waals surface area contributed by atoms with E-state index in [-0.39, 0.29) is 17.7 Å². The molecule has 2 atom stereocenters. The number of nitrogens with zero attached hydrogens (tertiary/aromatic N) is 2. The quantitative estimate of drug-likeness (QED) is 0.369. The summed E-state index contributed by atoms with van der Waals surface area (Å²) in [6.07, 6.45) is 0.398. The Morgan fingerprint density at radius 1 is 1.21 bits per heavy atom. The second kappa shape index (κ2) is 8.36. The molecule has 3 amide bonds. The molecule has 8 heteroatoms. The van der Waals surface area contributed by atoms with E-state index >= 15 is 0 Å². The lowest BCUT2D eigenvalue weighted by Crippen LogP contribution is -2.53. The molecule has 1 aromatic heterocycles. The highest BCUT2D eigenvalue weighted by Crippen LogP contribution is 2.49. The van der Waals surface area contributed by atoms with Crippen LogP contribution in [0.25, 0.3) is 10.9 Å². The second-order valence-corrected chi connectivity index (χ2v) is 9.07. The number of carbonyl (C=O) groups excluding carboxylic acids is 2. The minimum atomic E-state index is -1.04. The van der Waals surface area contributed by atoms with E-state index in [1.165, 1.54) is 4.90 Å². The number of fused-ring (bicyclic) bond motifs is 4. The lowest BCUT2D eigenvalue weighted by molar-refractivity contribution is -0.133. The Morgan fingerprint density at radius 2 is 2.03 bits per heavy atom. The van der Waals surface area contributed by atoms with Crippen molar-refractivity contribution in [3.63, 3.8) is 0 Å². The van der Waals surface area contributed by atoms with E-state index in [0.717, 1.165) is 40.0 Å². The van der Waals surface area contributed by atoms with Gasteiger partial charge >= 0.3 is 6.03 Å². The maximum atomic E-state index is 13.7. The normalized spacial score (nSPS) is 21.8. The maximum Gasteiger partial charge on any atom is 0.328 e. The minimum Gasteiger partial charge on any atom is -0.508 e. The van der Waals surface area contributed by atoms with Crippen LogP contribution in [0.4, 0.5) is 4.79 Å². The molecule has 8 nitrogen and oxygen atoms in total. The number of amides is 3. The first-order valence-corrected chi connectivity index (χ1v) is 11.8. The molecule has 34 heavy (non-hydrogen) atoms. The van der Waals surface area contributed by atoms with Gasteiger partial charge in [0.05, 0.1) is 6.61 Å². The van der Waals surface area contributed by atoms with Crippen LogP contribution in [-0.4, -0.2) is 63.6 Å². The van der Waals surface area contributed by atoms with Gasteiger partial charge in [0.2, 0.25) is 0 Å². The Hall–Kier alpha value is -3.52. The van der Waals surface area contributed by atoms with Crippen molar-refractivity contribution < 1.29 is 19.4 Å². The van der Waals surface area contributed by atoms with Crippen LogP contribution in [0.1, 0.15) is 43.6 Å². The molecule has 1 saturated heterocycles. The topological polar surface area (TPSA) is 97.9 Å². The van der Waals surface area contributed by atoms with Gasteiger partial charge in [-0.1, -0.05) is 19.1 Å². The van der Waals surface area contributed by atoms with Crippen molar-refractivity contribution in [2.75, 3.05) is 26.2 Å². The molecule has 0 bridgehead atoms. The third-order valence-corrected chi connectivity index (χ3v) is 6.90. The Kier molecular flexibility index (Phi) is 5.48. The van der Waals surface area contributed by atoms with E-state index in [1.807, 2.05) is 45.0 Å². The largest absolute Gasteiger partial charge is 0.508 e. The smallest absolute Gasteiger partial charge is 0.328 e. The van der Waals surface area contributed by atoms with Crippen LogP contribution in [0.2, 0.25) is 0 Å². The van der Waals surface area contributed by atoms with E-state index in [9.17, 15) is 14.7 Å². The number of ether oxygens (including phenoxy) is 1. The fourth-order valence-corrected chi connectivity index (χ4v) is 5.35. The van der Waals surface area contributed by atoms with Crippen LogP contribution in [0.5, 0.6) is 11.5 Å². The number of aromatic amines is 1. The summed E-state index contributed by atoms with van der Waals surface area (Å²) in [6, 6.07) is 11.9. The van der Waals surface area contributed by atoms with Gasteiger partial charge in [0.25, 0.3) is 5.91 Å². The third-order valence-electron chi connectivity index (χ3n) is 6.90. The van der Waals surface area contributed by atoms with Crippen molar-refractivity contribution in [3.8, 4) is 11.5 Å². The van der Waals surface area contributed by atoms with E-state index in [1.54, 1.807) is 23.1 Å². The zero-order valence-electron chi connectivity index (χ0n) is 19.7. The standard InChI is InChI=1S/C26H30N4O4/c1-4-27-11-12-29-24(32)26(3)15-20-19-14-18(34-5-2)9-10-21(19)28-22(20)23(30(26)25(29)33)16-7-6-8-17(31)13-16/h6-10,13-14,23,27-28,31H,4-5,11-12,15H2,1-3H3/t23-,26+/m1/s1. The molecule has 2 aromatic carbocycles. The summed E-state index contributed by atoms with van der Waals surface area (Å²) in [6.45, 7) is 7.96. The first-order valence-electron chi connectivity index (χ1n) is 11.8. The number of aromatic hydroxyl groups is 1. The summed E-state index contributed by atoms with van der Waals surface area (Å²) in [5.41, 5.74) is 2.49. The maximum absolute atomic E-state index is 13.7. The fourth-order valence-electron chi connectivity index (χ4n) is 5.35. The number of phenolic OH excluding ortho intramolecular Hbond substituents is 1. The zero-order valence-corrected chi connectivity index (χ0v) is 19.7. The highest BCUT2D eigenvalue weighted by molar-refractivity contribution is 6.08. The molecule has 3 heterocycles. The van der Waals surface area contributed by atoms with Crippen LogP contribution in [0.15, 0.2) is 42.5 Å². The number of hydrogen-bond acceptors (Lipinski definition) is 5. The summed E-state index contributed by atoms with van der Waals surface area (Å²) < 4.78 is 5.73. The average Bonchev–Trinajstić information content (AvgIpc) is 3.25. The molecule has 0 radical (unpaired) electrons. The van der Waals surface area contributed by atoms with Crippen LogP contribution < -0.4 is 10.1 Å². The SMILES string of the molecule is CCNCCN1C(=O)N2[C@H](c3cccc(O)c3)c3[nH]c4ccc(OCC)cc4c3C[C@@]2(C)C1=O. The van der Waals surface area contributed by atoms with Crippen molar-refractivity contribution >= 4 is 22.8 Å². The number of benzene rings is 2. The van der Waals surface area contributed by atoms with Crippen molar-refractivity contribution in [2.24, 2.45) is 0 Å². The van der Waals surface area contributed by atoms with Gasteiger partial charge < -0.3 is 20.1 Å². The summed E-state index contributed by atoms with van der Waals surface area (Å²) in [7, 11) is 0.